The first-order chi connectivity index (χ1) is 10.8. The Bertz CT molecular complexity index is 508. The summed E-state index contributed by atoms with van der Waals surface area (Å²) in [4.78, 5) is 14.9. The highest BCUT2D eigenvalue weighted by Crippen LogP contribution is 2.31. The lowest BCUT2D eigenvalue weighted by atomic mass is 9.91. The minimum Gasteiger partial charge on any atom is -0.316 e. The highest BCUT2D eigenvalue weighted by Gasteiger charge is 2.33. The molecule has 1 heterocycles. The van der Waals surface area contributed by atoms with E-state index in [1.165, 1.54) is 12.5 Å². The Balaban J connectivity index is 1.88. The summed E-state index contributed by atoms with van der Waals surface area (Å²) in [5, 5.41) is 3.30. The summed E-state index contributed by atoms with van der Waals surface area (Å²) < 4.78 is 14.3. The number of carbonyl (C=O) groups is 1. The molecular formula is C18H25FN2O. The standard InChI is InChI=1S/C18H25FN2O/c19-16-10-4-5-11-17(16)21(15-8-2-1-3-9-15)18(22)14-7-6-12-20-13-14/h4-5,10-11,14-15,20H,1-3,6-9,12-13H2/t14-/m0/s1. The van der Waals surface area contributed by atoms with E-state index in [0.29, 0.717) is 5.69 Å². The van der Waals surface area contributed by atoms with Gasteiger partial charge in [-0.15, -0.1) is 0 Å². The largest absolute Gasteiger partial charge is 0.316 e. The Morgan fingerprint density at radius 2 is 1.86 bits per heavy atom. The van der Waals surface area contributed by atoms with E-state index in [2.05, 4.69) is 5.32 Å². The van der Waals surface area contributed by atoms with Crippen molar-refractivity contribution in [1.82, 2.24) is 5.32 Å². The lowest BCUT2D eigenvalue weighted by molar-refractivity contribution is -0.123. The van der Waals surface area contributed by atoms with Gasteiger partial charge in [-0.25, -0.2) is 4.39 Å². The Kier molecular flexibility index (Phi) is 5.08. The quantitative estimate of drug-likeness (QED) is 0.927. The van der Waals surface area contributed by atoms with Crippen LogP contribution in [0.5, 0.6) is 0 Å². The molecule has 1 saturated carbocycles. The number of hydrogen-bond acceptors (Lipinski definition) is 2. The molecule has 1 aliphatic heterocycles. The summed E-state index contributed by atoms with van der Waals surface area (Å²) in [6.45, 7) is 1.70. The zero-order valence-electron chi connectivity index (χ0n) is 13.1. The first-order valence-corrected chi connectivity index (χ1v) is 8.55. The van der Waals surface area contributed by atoms with Crippen molar-refractivity contribution in [1.29, 1.82) is 0 Å². The minimum atomic E-state index is -0.287. The maximum atomic E-state index is 14.3. The lowest BCUT2D eigenvalue weighted by Crippen LogP contribution is -2.48. The predicted octanol–water partition coefficient (Wildman–Crippen LogP) is 3.49. The van der Waals surface area contributed by atoms with Crippen LogP contribution in [0.15, 0.2) is 24.3 Å². The summed E-state index contributed by atoms with van der Waals surface area (Å²) in [6, 6.07) is 6.86. The summed E-state index contributed by atoms with van der Waals surface area (Å²) >= 11 is 0. The average Bonchev–Trinajstić information content (AvgIpc) is 2.58. The number of nitrogens with one attached hydrogen (secondary N) is 1. The van der Waals surface area contributed by atoms with Crippen LogP contribution < -0.4 is 10.2 Å². The number of hydrogen-bond donors (Lipinski definition) is 1. The third kappa shape index (κ3) is 3.32. The molecule has 0 unspecified atom stereocenters. The molecule has 0 bridgehead atoms. The summed E-state index contributed by atoms with van der Waals surface area (Å²) in [5.74, 6) is -0.204. The molecule has 2 aliphatic rings. The van der Waals surface area contributed by atoms with E-state index in [9.17, 15) is 9.18 Å². The predicted molar refractivity (Wildman–Crippen MR) is 86.4 cm³/mol. The van der Waals surface area contributed by atoms with E-state index >= 15 is 0 Å². The highest BCUT2D eigenvalue weighted by molar-refractivity contribution is 5.96. The molecule has 4 heteroatoms. The number of amides is 1. The van der Waals surface area contributed by atoms with E-state index in [1.54, 1.807) is 17.0 Å². The van der Waals surface area contributed by atoms with Gasteiger partial charge in [-0.05, 0) is 44.4 Å². The van der Waals surface area contributed by atoms with Crippen LogP contribution in [-0.4, -0.2) is 25.0 Å². The van der Waals surface area contributed by atoms with Crippen molar-refractivity contribution in [3.05, 3.63) is 30.1 Å². The van der Waals surface area contributed by atoms with Crippen LogP contribution in [0.4, 0.5) is 10.1 Å². The summed E-state index contributed by atoms with van der Waals surface area (Å²) in [7, 11) is 0. The van der Waals surface area contributed by atoms with Gasteiger partial charge < -0.3 is 10.2 Å². The molecule has 1 atom stereocenters. The zero-order valence-corrected chi connectivity index (χ0v) is 13.1. The van der Waals surface area contributed by atoms with Gasteiger partial charge in [-0.3, -0.25) is 4.79 Å². The SMILES string of the molecule is O=C([C@H]1CCCNC1)N(c1ccccc1F)C1CCCCC1. The fourth-order valence-corrected chi connectivity index (χ4v) is 3.74. The van der Waals surface area contributed by atoms with E-state index in [0.717, 1.165) is 51.6 Å². The van der Waals surface area contributed by atoms with Gasteiger partial charge in [0.1, 0.15) is 5.82 Å². The number of carbonyl (C=O) groups excluding carboxylic acids is 1. The summed E-state index contributed by atoms with van der Waals surface area (Å²) in [6.07, 6.45) is 7.38. The first-order valence-electron chi connectivity index (χ1n) is 8.55. The van der Waals surface area contributed by atoms with Crippen LogP contribution in [-0.2, 0) is 4.79 Å². The molecule has 1 aromatic rings. The molecule has 0 aromatic heterocycles. The van der Waals surface area contributed by atoms with E-state index < -0.39 is 0 Å². The second-order valence-electron chi connectivity index (χ2n) is 6.49. The van der Waals surface area contributed by atoms with E-state index in [1.807, 2.05) is 6.07 Å². The molecule has 120 valence electrons. The number of piperidine rings is 1. The van der Waals surface area contributed by atoms with Gasteiger partial charge in [0.05, 0.1) is 11.6 Å². The molecule has 1 amide bonds. The molecule has 1 saturated heterocycles. The van der Waals surface area contributed by atoms with Gasteiger partial charge in [-0.1, -0.05) is 31.4 Å². The topological polar surface area (TPSA) is 32.3 Å². The molecule has 2 fully saturated rings. The Labute approximate surface area is 131 Å². The first kappa shape index (κ1) is 15.5. The average molecular weight is 304 g/mol. The van der Waals surface area contributed by atoms with Crippen LogP contribution in [0.25, 0.3) is 0 Å². The number of benzene rings is 1. The molecule has 3 rings (SSSR count). The molecule has 1 aromatic carbocycles. The Morgan fingerprint density at radius 1 is 1.09 bits per heavy atom. The number of anilines is 1. The van der Waals surface area contributed by atoms with Crippen molar-refractivity contribution in [3.8, 4) is 0 Å². The number of halogens is 1. The molecule has 0 spiro atoms. The smallest absolute Gasteiger partial charge is 0.231 e. The third-order valence-corrected chi connectivity index (χ3v) is 4.94. The monoisotopic (exact) mass is 304 g/mol. The van der Waals surface area contributed by atoms with E-state index in [-0.39, 0.29) is 23.7 Å². The van der Waals surface area contributed by atoms with Crippen LogP contribution in [0.1, 0.15) is 44.9 Å². The molecule has 1 aliphatic carbocycles. The fraction of sp³-hybridized carbons (Fsp3) is 0.611. The van der Waals surface area contributed by atoms with Crippen molar-refractivity contribution in [3.63, 3.8) is 0 Å². The van der Waals surface area contributed by atoms with E-state index in [4.69, 9.17) is 0 Å². The van der Waals surface area contributed by atoms with Gasteiger partial charge in [0.25, 0.3) is 0 Å². The van der Waals surface area contributed by atoms with Gasteiger partial charge in [0.2, 0.25) is 5.91 Å². The maximum Gasteiger partial charge on any atom is 0.231 e. The van der Waals surface area contributed by atoms with Crippen LogP contribution in [0, 0.1) is 11.7 Å². The van der Waals surface area contributed by atoms with Crippen molar-refractivity contribution in [2.45, 2.75) is 51.0 Å². The number of nitrogens with zero attached hydrogens (tertiary/aromatic N) is 1. The Morgan fingerprint density at radius 3 is 2.55 bits per heavy atom. The van der Waals surface area contributed by atoms with Crippen LogP contribution in [0.3, 0.4) is 0 Å². The summed E-state index contributed by atoms with van der Waals surface area (Å²) in [5.41, 5.74) is 0.463. The van der Waals surface area contributed by atoms with Gasteiger partial charge >= 0.3 is 0 Å². The number of rotatable bonds is 3. The second kappa shape index (κ2) is 7.23. The third-order valence-electron chi connectivity index (χ3n) is 4.94. The van der Waals surface area contributed by atoms with Crippen LogP contribution in [0.2, 0.25) is 0 Å². The van der Waals surface area contributed by atoms with Crippen molar-refractivity contribution in [2.24, 2.45) is 5.92 Å². The van der Waals surface area contributed by atoms with Gasteiger partial charge in [-0.2, -0.15) is 0 Å². The van der Waals surface area contributed by atoms with Crippen molar-refractivity contribution < 1.29 is 9.18 Å². The van der Waals surface area contributed by atoms with Gasteiger partial charge in [0.15, 0.2) is 0 Å². The van der Waals surface area contributed by atoms with Crippen LogP contribution >= 0.6 is 0 Å². The van der Waals surface area contributed by atoms with Gasteiger partial charge in [0, 0.05) is 12.6 Å². The molecule has 1 N–H and O–H groups in total. The lowest BCUT2D eigenvalue weighted by Gasteiger charge is -2.37. The van der Waals surface area contributed by atoms with Crippen molar-refractivity contribution in [2.75, 3.05) is 18.0 Å². The second-order valence-corrected chi connectivity index (χ2v) is 6.49. The molecule has 22 heavy (non-hydrogen) atoms. The molecule has 3 nitrogen and oxygen atoms in total. The maximum absolute atomic E-state index is 14.3. The Hall–Kier alpha value is -1.42. The van der Waals surface area contributed by atoms with Crippen molar-refractivity contribution >= 4 is 11.6 Å². The highest BCUT2D eigenvalue weighted by atomic mass is 19.1. The number of para-hydroxylation sites is 1. The molecular weight excluding hydrogens is 279 g/mol. The molecule has 0 radical (unpaired) electrons. The minimum absolute atomic E-state index is 0.0183. The fourth-order valence-electron chi connectivity index (χ4n) is 3.74. The normalized spacial score (nSPS) is 23.2. The zero-order chi connectivity index (χ0) is 15.4.